The van der Waals surface area contributed by atoms with Crippen molar-refractivity contribution in [3.05, 3.63) is 77.9 Å². The van der Waals surface area contributed by atoms with Crippen LogP contribution in [0.4, 0.5) is 5.69 Å². The molecule has 25 heavy (non-hydrogen) atoms. The average molecular weight is 336 g/mol. The summed E-state index contributed by atoms with van der Waals surface area (Å²) in [4.78, 5) is 16.3. The van der Waals surface area contributed by atoms with Gasteiger partial charge in [0.05, 0.1) is 13.2 Å². The first kappa shape index (κ1) is 16.9. The number of hydrogen-bond acceptors (Lipinski definition) is 4. The number of carbonyl (C=O) groups is 1. The second-order valence-electron chi connectivity index (χ2n) is 5.64. The lowest BCUT2D eigenvalue weighted by Crippen LogP contribution is -2.14. The summed E-state index contributed by atoms with van der Waals surface area (Å²) in [5, 5.41) is 7.10. The monoisotopic (exact) mass is 336 g/mol. The van der Waals surface area contributed by atoms with E-state index in [1.54, 1.807) is 36.4 Å². The lowest BCUT2D eigenvalue weighted by atomic mass is 10.1. The molecule has 0 spiro atoms. The van der Waals surface area contributed by atoms with Crippen LogP contribution in [0.5, 0.6) is 0 Å². The molecule has 0 aliphatic carbocycles. The number of aromatic nitrogens is 3. The van der Waals surface area contributed by atoms with Crippen molar-refractivity contribution in [1.29, 1.82) is 0 Å². The molecule has 0 fully saturated rings. The number of benzene rings is 1. The van der Waals surface area contributed by atoms with E-state index in [1.807, 2.05) is 36.4 Å². The number of nitrogens with one attached hydrogen (secondary N) is 1. The third-order valence-corrected chi connectivity index (χ3v) is 3.77. The molecule has 3 rings (SSSR count). The Morgan fingerprint density at radius 3 is 2.52 bits per heavy atom. The minimum absolute atomic E-state index is 0.224. The summed E-state index contributed by atoms with van der Waals surface area (Å²) in [5.74, 6) is -0.224. The van der Waals surface area contributed by atoms with Gasteiger partial charge in [-0.1, -0.05) is 12.1 Å². The molecule has 0 aliphatic heterocycles. The molecule has 1 N–H and O–H groups in total. The highest BCUT2D eigenvalue weighted by Crippen LogP contribution is 2.14. The maximum Gasteiger partial charge on any atom is 0.276 e. The average Bonchev–Trinajstić information content (AvgIpc) is 3.12. The first-order valence-corrected chi connectivity index (χ1v) is 8.06. The van der Waals surface area contributed by atoms with Crippen molar-refractivity contribution >= 4 is 11.6 Å². The van der Waals surface area contributed by atoms with Gasteiger partial charge in [0, 0.05) is 31.4 Å². The number of nitrogens with zero attached hydrogens (tertiary/aromatic N) is 3. The molecule has 0 atom stereocenters. The van der Waals surface area contributed by atoms with Crippen molar-refractivity contribution in [2.24, 2.45) is 0 Å². The van der Waals surface area contributed by atoms with Gasteiger partial charge in [0.15, 0.2) is 5.69 Å². The predicted molar refractivity (Wildman–Crippen MR) is 95.5 cm³/mol. The van der Waals surface area contributed by atoms with Crippen LogP contribution in [-0.2, 0) is 17.7 Å². The van der Waals surface area contributed by atoms with Crippen molar-refractivity contribution in [3.8, 4) is 0 Å². The van der Waals surface area contributed by atoms with Crippen LogP contribution in [0.15, 0.2) is 61.1 Å². The highest BCUT2D eigenvalue weighted by Gasteiger charge is 2.10. The molecule has 128 valence electrons. The minimum Gasteiger partial charge on any atom is -0.383 e. The zero-order chi connectivity index (χ0) is 17.5. The Morgan fingerprint density at radius 2 is 1.80 bits per heavy atom. The zero-order valence-electron chi connectivity index (χ0n) is 14.1. The molecule has 0 saturated heterocycles. The molecule has 0 saturated carbocycles. The van der Waals surface area contributed by atoms with Crippen molar-refractivity contribution in [3.63, 3.8) is 0 Å². The van der Waals surface area contributed by atoms with E-state index in [2.05, 4.69) is 15.4 Å². The molecular weight excluding hydrogens is 316 g/mol. The molecule has 1 amide bonds. The van der Waals surface area contributed by atoms with Gasteiger partial charge >= 0.3 is 0 Å². The highest BCUT2D eigenvalue weighted by molar-refractivity contribution is 6.02. The van der Waals surface area contributed by atoms with Gasteiger partial charge in [-0.2, -0.15) is 5.10 Å². The standard InChI is InChI=1S/C19H20N4O2/c1-25-13-12-23-11-8-18(22-23)19(24)21-17-4-2-15(3-5-17)14-16-6-9-20-10-7-16/h2-11H,12-14H2,1H3,(H,21,24). The SMILES string of the molecule is COCCn1ccc(C(=O)Nc2ccc(Cc3ccncc3)cc2)n1. The van der Waals surface area contributed by atoms with Crippen LogP contribution in [0.3, 0.4) is 0 Å². The van der Waals surface area contributed by atoms with E-state index in [1.165, 1.54) is 11.1 Å². The molecule has 2 heterocycles. The molecule has 0 unspecified atom stereocenters. The summed E-state index contributed by atoms with van der Waals surface area (Å²) in [6.07, 6.45) is 6.18. The van der Waals surface area contributed by atoms with E-state index in [9.17, 15) is 4.79 Å². The minimum atomic E-state index is -0.224. The number of ether oxygens (including phenoxy) is 1. The van der Waals surface area contributed by atoms with Gasteiger partial charge in [0.2, 0.25) is 0 Å². The number of amides is 1. The van der Waals surface area contributed by atoms with E-state index < -0.39 is 0 Å². The fourth-order valence-corrected chi connectivity index (χ4v) is 2.43. The molecule has 6 heteroatoms. The molecule has 0 bridgehead atoms. The Kier molecular flexibility index (Phi) is 5.53. The van der Waals surface area contributed by atoms with Crippen molar-refractivity contribution in [2.45, 2.75) is 13.0 Å². The van der Waals surface area contributed by atoms with Gasteiger partial charge in [0.1, 0.15) is 0 Å². The molecule has 0 radical (unpaired) electrons. The second-order valence-corrected chi connectivity index (χ2v) is 5.64. The Morgan fingerprint density at radius 1 is 1.08 bits per heavy atom. The Balaban J connectivity index is 1.59. The quantitative estimate of drug-likeness (QED) is 0.720. The van der Waals surface area contributed by atoms with E-state index in [4.69, 9.17) is 4.74 Å². The van der Waals surface area contributed by atoms with Crippen LogP contribution in [0.25, 0.3) is 0 Å². The molecule has 0 aliphatic rings. The number of rotatable bonds is 7. The number of anilines is 1. The van der Waals surface area contributed by atoms with Crippen LogP contribution in [0, 0.1) is 0 Å². The third-order valence-electron chi connectivity index (χ3n) is 3.77. The molecule has 3 aromatic rings. The Hall–Kier alpha value is -2.99. The largest absolute Gasteiger partial charge is 0.383 e. The third kappa shape index (κ3) is 4.74. The topological polar surface area (TPSA) is 69.0 Å². The molecule has 1 aromatic carbocycles. The van der Waals surface area contributed by atoms with Crippen LogP contribution < -0.4 is 5.32 Å². The number of methoxy groups -OCH3 is 1. The van der Waals surface area contributed by atoms with Crippen LogP contribution in [0.1, 0.15) is 21.6 Å². The maximum atomic E-state index is 12.3. The first-order valence-electron chi connectivity index (χ1n) is 8.06. The number of carbonyl (C=O) groups excluding carboxylic acids is 1. The summed E-state index contributed by atoms with van der Waals surface area (Å²) in [6, 6.07) is 13.5. The Labute approximate surface area is 146 Å². The van der Waals surface area contributed by atoms with E-state index in [0.29, 0.717) is 18.8 Å². The van der Waals surface area contributed by atoms with Gasteiger partial charge in [-0.25, -0.2) is 0 Å². The summed E-state index contributed by atoms with van der Waals surface area (Å²) < 4.78 is 6.69. The van der Waals surface area contributed by atoms with E-state index in [0.717, 1.165) is 12.1 Å². The van der Waals surface area contributed by atoms with Gasteiger partial charge in [-0.3, -0.25) is 14.5 Å². The van der Waals surface area contributed by atoms with E-state index >= 15 is 0 Å². The zero-order valence-corrected chi connectivity index (χ0v) is 14.1. The second kappa shape index (κ2) is 8.21. The van der Waals surface area contributed by atoms with Gasteiger partial charge < -0.3 is 10.1 Å². The van der Waals surface area contributed by atoms with E-state index in [-0.39, 0.29) is 5.91 Å². The summed E-state index contributed by atoms with van der Waals surface area (Å²) in [7, 11) is 1.63. The van der Waals surface area contributed by atoms with Gasteiger partial charge in [-0.05, 0) is 47.9 Å². The van der Waals surface area contributed by atoms with Gasteiger partial charge in [-0.15, -0.1) is 0 Å². The summed E-state index contributed by atoms with van der Waals surface area (Å²) >= 11 is 0. The lowest BCUT2D eigenvalue weighted by molar-refractivity contribution is 0.102. The normalized spacial score (nSPS) is 10.6. The van der Waals surface area contributed by atoms with Crippen molar-refractivity contribution in [1.82, 2.24) is 14.8 Å². The fraction of sp³-hybridized carbons (Fsp3) is 0.211. The molecule has 6 nitrogen and oxygen atoms in total. The molecule has 2 aromatic heterocycles. The predicted octanol–water partition coefficient (Wildman–Crippen LogP) is 2.77. The van der Waals surface area contributed by atoms with Crippen LogP contribution in [0.2, 0.25) is 0 Å². The highest BCUT2D eigenvalue weighted by atomic mass is 16.5. The number of hydrogen-bond donors (Lipinski definition) is 1. The Bertz CT molecular complexity index is 813. The maximum absolute atomic E-state index is 12.3. The molecular formula is C19H20N4O2. The first-order chi connectivity index (χ1) is 12.2. The summed E-state index contributed by atoms with van der Waals surface area (Å²) in [5.41, 5.74) is 3.51. The van der Waals surface area contributed by atoms with Gasteiger partial charge in [0.25, 0.3) is 5.91 Å². The van der Waals surface area contributed by atoms with Crippen molar-refractivity contribution < 1.29 is 9.53 Å². The lowest BCUT2D eigenvalue weighted by Gasteiger charge is -2.06. The number of pyridine rings is 1. The summed E-state index contributed by atoms with van der Waals surface area (Å²) in [6.45, 7) is 1.18. The fourth-order valence-electron chi connectivity index (χ4n) is 2.43. The van der Waals surface area contributed by atoms with Crippen LogP contribution >= 0.6 is 0 Å². The smallest absolute Gasteiger partial charge is 0.276 e. The van der Waals surface area contributed by atoms with Crippen LogP contribution in [-0.4, -0.2) is 34.4 Å². The van der Waals surface area contributed by atoms with Crippen molar-refractivity contribution in [2.75, 3.05) is 19.0 Å².